The normalized spacial score (nSPS) is 45.3. The molecule has 1 nitrogen and oxygen atoms in total. The van der Waals surface area contributed by atoms with Crippen molar-refractivity contribution in [1.82, 2.24) is 0 Å². The van der Waals surface area contributed by atoms with Crippen LogP contribution >= 0.6 is 0 Å². The Bertz CT molecular complexity index is 199. The average molecular weight is 180 g/mol. The van der Waals surface area contributed by atoms with Crippen LogP contribution in [0.3, 0.4) is 0 Å². The van der Waals surface area contributed by atoms with Crippen molar-refractivity contribution >= 4 is 0 Å². The van der Waals surface area contributed by atoms with Crippen LogP contribution < -0.4 is 0 Å². The van der Waals surface area contributed by atoms with E-state index in [1.54, 1.807) is 0 Å². The molecule has 0 spiro atoms. The third-order valence-electron chi connectivity index (χ3n) is 4.13. The summed E-state index contributed by atoms with van der Waals surface area (Å²) in [5, 5.41) is 9.70. The van der Waals surface area contributed by atoms with Crippen molar-refractivity contribution in [2.45, 2.75) is 51.0 Å². The van der Waals surface area contributed by atoms with Crippen molar-refractivity contribution in [1.29, 1.82) is 0 Å². The van der Waals surface area contributed by atoms with Crippen molar-refractivity contribution in [3.63, 3.8) is 0 Å². The van der Waals surface area contributed by atoms with Gasteiger partial charge in [-0.1, -0.05) is 18.9 Å². The van der Waals surface area contributed by atoms with Crippen LogP contribution in [0.5, 0.6) is 0 Å². The molecule has 74 valence electrons. The van der Waals surface area contributed by atoms with E-state index in [0.29, 0.717) is 5.41 Å². The number of hydrogen-bond acceptors (Lipinski definition) is 1. The number of rotatable bonds is 1. The lowest BCUT2D eigenvalue weighted by atomic mass is 9.59. The lowest BCUT2D eigenvalue weighted by Crippen LogP contribution is -2.39. The molecule has 0 aromatic heterocycles. The fourth-order valence-corrected chi connectivity index (χ4v) is 3.32. The zero-order valence-electron chi connectivity index (χ0n) is 8.34. The van der Waals surface area contributed by atoms with Gasteiger partial charge in [0, 0.05) is 0 Å². The van der Waals surface area contributed by atoms with Gasteiger partial charge in [0.1, 0.15) is 0 Å². The molecule has 2 fully saturated rings. The number of hydrogen-bond donors (Lipinski definition) is 1. The summed E-state index contributed by atoms with van der Waals surface area (Å²) in [7, 11) is 0. The first kappa shape index (κ1) is 9.26. The molecule has 2 saturated carbocycles. The first-order valence-electron chi connectivity index (χ1n) is 5.58. The lowest BCUT2D eigenvalue weighted by Gasteiger charge is -2.47. The predicted octanol–water partition coefficient (Wildman–Crippen LogP) is 2.89. The van der Waals surface area contributed by atoms with Gasteiger partial charge in [-0.15, -0.1) is 6.58 Å². The summed E-state index contributed by atoms with van der Waals surface area (Å²) in [5.41, 5.74) is 0.302. The number of fused-ring (bicyclic) bond motifs is 1. The number of aliphatic hydroxyl groups excluding tert-OH is 1. The number of allylic oxidation sites excluding steroid dienone is 1. The minimum Gasteiger partial charge on any atom is -0.393 e. The molecule has 1 heteroatoms. The Labute approximate surface area is 80.8 Å². The van der Waals surface area contributed by atoms with Gasteiger partial charge in [0.2, 0.25) is 0 Å². The van der Waals surface area contributed by atoms with E-state index >= 15 is 0 Å². The lowest BCUT2D eigenvalue weighted by molar-refractivity contribution is 0.00570. The van der Waals surface area contributed by atoms with Crippen molar-refractivity contribution in [3.05, 3.63) is 12.7 Å². The van der Waals surface area contributed by atoms with Crippen LogP contribution in [0.2, 0.25) is 0 Å². The van der Waals surface area contributed by atoms with Crippen molar-refractivity contribution in [2.75, 3.05) is 0 Å². The van der Waals surface area contributed by atoms with Gasteiger partial charge in [-0.3, -0.25) is 0 Å². The molecule has 2 aliphatic carbocycles. The topological polar surface area (TPSA) is 20.2 Å². The second kappa shape index (κ2) is 3.45. The highest BCUT2D eigenvalue weighted by Crippen LogP contribution is 2.51. The molecule has 13 heavy (non-hydrogen) atoms. The van der Waals surface area contributed by atoms with E-state index in [2.05, 4.69) is 12.7 Å². The summed E-state index contributed by atoms with van der Waals surface area (Å²) in [4.78, 5) is 0. The maximum absolute atomic E-state index is 9.70. The number of aliphatic hydroxyl groups is 1. The largest absolute Gasteiger partial charge is 0.393 e. The first-order valence-corrected chi connectivity index (χ1v) is 5.58. The van der Waals surface area contributed by atoms with E-state index in [1.165, 1.54) is 32.1 Å². The predicted molar refractivity (Wildman–Crippen MR) is 54.4 cm³/mol. The molecule has 0 aromatic carbocycles. The third kappa shape index (κ3) is 1.54. The van der Waals surface area contributed by atoms with E-state index in [4.69, 9.17) is 0 Å². The molecule has 3 atom stereocenters. The molecule has 0 aromatic rings. The van der Waals surface area contributed by atoms with Gasteiger partial charge < -0.3 is 5.11 Å². The van der Waals surface area contributed by atoms with E-state index in [9.17, 15) is 5.11 Å². The zero-order valence-corrected chi connectivity index (χ0v) is 8.34. The highest BCUT2D eigenvalue weighted by atomic mass is 16.3. The van der Waals surface area contributed by atoms with Gasteiger partial charge in [0.15, 0.2) is 0 Å². The van der Waals surface area contributed by atoms with Gasteiger partial charge in [0.25, 0.3) is 0 Å². The SMILES string of the molecule is C=C[C@]12CCCC[C@H]1CCC(O)C2. The minimum atomic E-state index is -0.0626. The molecular formula is C12H20O. The average Bonchev–Trinajstić information content (AvgIpc) is 2.17. The Hall–Kier alpha value is -0.300. The first-order chi connectivity index (χ1) is 6.27. The summed E-state index contributed by atoms with van der Waals surface area (Å²) >= 11 is 0. The molecule has 1 N–H and O–H groups in total. The Balaban J connectivity index is 2.16. The molecule has 2 rings (SSSR count). The molecule has 1 unspecified atom stereocenters. The van der Waals surface area contributed by atoms with Crippen LogP contribution in [0.1, 0.15) is 44.9 Å². The third-order valence-corrected chi connectivity index (χ3v) is 4.13. The van der Waals surface area contributed by atoms with Crippen LogP contribution in [0.25, 0.3) is 0 Å². The Kier molecular flexibility index (Phi) is 2.46. The molecule has 2 aliphatic rings. The van der Waals surface area contributed by atoms with Crippen LogP contribution in [-0.4, -0.2) is 11.2 Å². The van der Waals surface area contributed by atoms with E-state index in [1.807, 2.05) is 0 Å². The van der Waals surface area contributed by atoms with Crippen molar-refractivity contribution in [2.24, 2.45) is 11.3 Å². The minimum absolute atomic E-state index is 0.0626. The molecule has 0 saturated heterocycles. The summed E-state index contributed by atoms with van der Waals surface area (Å²) in [5.74, 6) is 0.821. The smallest absolute Gasteiger partial charge is 0.0548 e. The van der Waals surface area contributed by atoms with Gasteiger partial charge in [0.05, 0.1) is 6.10 Å². The monoisotopic (exact) mass is 180 g/mol. The molecule has 0 bridgehead atoms. The van der Waals surface area contributed by atoms with Gasteiger partial charge in [-0.05, 0) is 43.4 Å². The highest BCUT2D eigenvalue weighted by molar-refractivity contribution is 5.04. The van der Waals surface area contributed by atoms with Crippen LogP contribution in [-0.2, 0) is 0 Å². The van der Waals surface area contributed by atoms with E-state index in [-0.39, 0.29) is 6.10 Å². The molecule has 0 heterocycles. The second-order valence-electron chi connectivity index (χ2n) is 4.82. The summed E-state index contributed by atoms with van der Waals surface area (Å²) in [6.45, 7) is 3.98. The van der Waals surface area contributed by atoms with Crippen LogP contribution in [0.15, 0.2) is 12.7 Å². The second-order valence-corrected chi connectivity index (χ2v) is 4.82. The quantitative estimate of drug-likeness (QED) is 0.615. The zero-order chi connectivity index (χ0) is 9.31. The Morgan fingerprint density at radius 1 is 1.23 bits per heavy atom. The maximum atomic E-state index is 9.70. The van der Waals surface area contributed by atoms with E-state index < -0.39 is 0 Å². The van der Waals surface area contributed by atoms with Gasteiger partial charge in [-0.2, -0.15) is 0 Å². The fraction of sp³-hybridized carbons (Fsp3) is 0.833. The van der Waals surface area contributed by atoms with Crippen LogP contribution in [0.4, 0.5) is 0 Å². The molecule has 0 aliphatic heterocycles. The van der Waals surface area contributed by atoms with Crippen molar-refractivity contribution in [3.8, 4) is 0 Å². The Morgan fingerprint density at radius 2 is 2.08 bits per heavy atom. The summed E-state index contributed by atoms with van der Waals surface area (Å²) < 4.78 is 0. The summed E-state index contributed by atoms with van der Waals surface area (Å²) in [6.07, 6.45) is 10.6. The van der Waals surface area contributed by atoms with E-state index in [0.717, 1.165) is 18.8 Å². The van der Waals surface area contributed by atoms with Gasteiger partial charge >= 0.3 is 0 Å². The van der Waals surface area contributed by atoms with Gasteiger partial charge in [-0.25, -0.2) is 0 Å². The summed E-state index contributed by atoms with van der Waals surface area (Å²) in [6, 6.07) is 0. The highest BCUT2D eigenvalue weighted by Gasteiger charge is 2.42. The standard InChI is InChI=1S/C12H20O/c1-2-12-8-4-3-5-10(12)6-7-11(13)9-12/h2,10-11,13H,1,3-9H2/t10-,11?,12+/m0/s1. The fourth-order valence-electron chi connectivity index (χ4n) is 3.32. The van der Waals surface area contributed by atoms with Crippen LogP contribution in [0, 0.1) is 11.3 Å². The molecule has 0 amide bonds. The van der Waals surface area contributed by atoms with Crippen molar-refractivity contribution < 1.29 is 5.11 Å². The Morgan fingerprint density at radius 3 is 2.85 bits per heavy atom. The maximum Gasteiger partial charge on any atom is 0.0548 e. The molecular weight excluding hydrogens is 160 g/mol. The molecule has 0 radical (unpaired) electrons.